The van der Waals surface area contributed by atoms with E-state index in [4.69, 9.17) is 5.73 Å². The van der Waals surface area contributed by atoms with Crippen LogP contribution >= 0.6 is 0 Å². The van der Waals surface area contributed by atoms with Gasteiger partial charge in [0.1, 0.15) is 0 Å². The third-order valence-corrected chi connectivity index (χ3v) is 5.95. The van der Waals surface area contributed by atoms with E-state index in [2.05, 4.69) is 23.6 Å². The van der Waals surface area contributed by atoms with Gasteiger partial charge < -0.3 is 5.73 Å². The van der Waals surface area contributed by atoms with Gasteiger partial charge in [-0.3, -0.25) is 9.80 Å². The van der Waals surface area contributed by atoms with E-state index in [1.165, 1.54) is 51.9 Å². The minimum atomic E-state index is 0.372. The number of nitrogens with zero attached hydrogens (tertiary/aromatic N) is 2. The quantitative estimate of drug-likeness (QED) is 0.825. The standard InChI is InChI=1S/C15H29N3/c1-3-17-7-8-18(10-12(17)2)15(11-16)6-4-5-13-9-14(13)15/h12-14H,3-11,16H2,1-2H3. The van der Waals surface area contributed by atoms with Crippen molar-refractivity contribution in [2.75, 3.05) is 32.7 Å². The van der Waals surface area contributed by atoms with Crippen LogP contribution in [0.4, 0.5) is 0 Å². The summed E-state index contributed by atoms with van der Waals surface area (Å²) in [4.78, 5) is 5.38. The highest BCUT2D eigenvalue weighted by Gasteiger charge is 2.57. The van der Waals surface area contributed by atoms with Crippen LogP contribution in [-0.2, 0) is 0 Å². The molecular formula is C15H29N3. The van der Waals surface area contributed by atoms with Crippen molar-refractivity contribution < 1.29 is 0 Å². The summed E-state index contributed by atoms with van der Waals surface area (Å²) >= 11 is 0. The molecule has 4 unspecified atom stereocenters. The first-order chi connectivity index (χ1) is 8.71. The number of rotatable bonds is 3. The number of hydrogen-bond acceptors (Lipinski definition) is 3. The number of fused-ring (bicyclic) bond motifs is 1. The van der Waals surface area contributed by atoms with Gasteiger partial charge in [0.05, 0.1) is 0 Å². The predicted octanol–water partition coefficient (Wildman–Crippen LogP) is 1.53. The highest BCUT2D eigenvalue weighted by molar-refractivity contribution is 5.11. The number of hydrogen-bond donors (Lipinski definition) is 1. The van der Waals surface area contributed by atoms with E-state index in [1.807, 2.05) is 0 Å². The Balaban J connectivity index is 1.73. The molecule has 0 radical (unpaired) electrons. The molecule has 0 bridgehead atoms. The van der Waals surface area contributed by atoms with Crippen LogP contribution in [0.3, 0.4) is 0 Å². The lowest BCUT2D eigenvalue weighted by Crippen LogP contribution is -2.64. The highest BCUT2D eigenvalue weighted by atomic mass is 15.3. The van der Waals surface area contributed by atoms with Gasteiger partial charge in [-0.05, 0) is 38.1 Å². The fourth-order valence-electron chi connectivity index (χ4n) is 4.73. The van der Waals surface area contributed by atoms with Crippen LogP contribution in [0.2, 0.25) is 0 Å². The van der Waals surface area contributed by atoms with Gasteiger partial charge in [-0.1, -0.05) is 19.8 Å². The minimum Gasteiger partial charge on any atom is -0.329 e. The van der Waals surface area contributed by atoms with E-state index < -0.39 is 0 Å². The monoisotopic (exact) mass is 251 g/mol. The highest BCUT2D eigenvalue weighted by Crippen LogP contribution is 2.56. The summed E-state index contributed by atoms with van der Waals surface area (Å²) in [5.74, 6) is 1.94. The van der Waals surface area contributed by atoms with Crippen molar-refractivity contribution in [3.63, 3.8) is 0 Å². The van der Waals surface area contributed by atoms with E-state index >= 15 is 0 Å². The number of nitrogens with two attached hydrogens (primary N) is 1. The molecule has 4 atom stereocenters. The largest absolute Gasteiger partial charge is 0.329 e. The molecule has 0 spiro atoms. The Labute approximate surface area is 112 Å². The topological polar surface area (TPSA) is 32.5 Å². The van der Waals surface area contributed by atoms with Crippen LogP contribution in [0.5, 0.6) is 0 Å². The Bertz CT molecular complexity index is 306. The minimum absolute atomic E-state index is 0.372. The van der Waals surface area contributed by atoms with E-state index in [0.29, 0.717) is 11.6 Å². The molecular weight excluding hydrogens is 222 g/mol. The van der Waals surface area contributed by atoms with Crippen molar-refractivity contribution in [1.82, 2.24) is 9.80 Å². The Kier molecular flexibility index (Phi) is 3.41. The second-order valence-corrected chi connectivity index (χ2v) is 6.73. The van der Waals surface area contributed by atoms with Gasteiger partial charge in [0.25, 0.3) is 0 Å². The summed E-state index contributed by atoms with van der Waals surface area (Å²) < 4.78 is 0. The molecule has 3 heteroatoms. The smallest absolute Gasteiger partial charge is 0.0363 e. The summed E-state index contributed by atoms with van der Waals surface area (Å²) in [6.45, 7) is 10.4. The molecule has 3 fully saturated rings. The van der Waals surface area contributed by atoms with Crippen LogP contribution in [0.1, 0.15) is 39.5 Å². The maximum absolute atomic E-state index is 6.24. The van der Waals surface area contributed by atoms with E-state index in [1.54, 1.807) is 0 Å². The maximum atomic E-state index is 6.24. The Morgan fingerprint density at radius 2 is 2.17 bits per heavy atom. The van der Waals surface area contributed by atoms with Gasteiger partial charge in [-0.25, -0.2) is 0 Å². The zero-order valence-corrected chi connectivity index (χ0v) is 12.1. The maximum Gasteiger partial charge on any atom is 0.0363 e. The average molecular weight is 251 g/mol. The molecule has 1 heterocycles. The molecule has 3 nitrogen and oxygen atoms in total. The molecule has 0 aromatic heterocycles. The summed E-state index contributed by atoms with van der Waals surface area (Å²) in [6, 6.07) is 0.700. The molecule has 1 saturated heterocycles. The Morgan fingerprint density at radius 3 is 2.83 bits per heavy atom. The zero-order valence-electron chi connectivity index (χ0n) is 12.1. The first kappa shape index (κ1) is 12.9. The molecule has 1 aliphatic heterocycles. The lowest BCUT2D eigenvalue weighted by Gasteiger charge is -2.51. The third kappa shape index (κ3) is 1.91. The molecule has 3 rings (SSSR count). The molecule has 0 aromatic rings. The molecule has 0 aromatic carbocycles. The van der Waals surface area contributed by atoms with Crippen molar-refractivity contribution in [1.29, 1.82) is 0 Å². The van der Waals surface area contributed by atoms with E-state index in [9.17, 15) is 0 Å². The fraction of sp³-hybridized carbons (Fsp3) is 1.00. The van der Waals surface area contributed by atoms with Crippen LogP contribution < -0.4 is 5.73 Å². The van der Waals surface area contributed by atoms with Crippen LogP contribution in [0.25, 0.3) is 0 Å². The third-order valence-electron chi connectivity index (χ3n) is 5.95. The van der Waals surface area contributed by atoms with Gasteiger partial charge in [0.15, 0.2) is 0 Å². The molecule has 2 N–H and O–H groups in total. The Morgan fingerprint density at radius 1 is 1.33 bits per heavy atom. The van der Waals surface area contributed by atoms with Gasteiger partial charge >= 0.3 is 0 Å². The van der Waals surface area contributed by atoms with Crippen molar-refractivity contribution in [2.24, 2.45) is 17.6 Å². The molecule has 3 aliphatic rings. The van der Waals surface area contributed by atoms with E-state index in [-0.39, 0.29) is 0 Å². The predicted molar refractivity (Wildman–Crippen MR) is 75.5 cm³/mol. The number of likely N-dealkylation sites (N-methyl/N-ethyl adjacent to an activating group) is 1. The SMILES string of the molecule is CCN1CCN(C2(CN)CCCC3CC32)CC1C. The molecule has 2 saturated carbocycles. The second-order valence-electron chi connectivity index (χ2n) is 6.73. The molecule has 104 valence electrons. The molecule has 18 heavy (non-hydrogen) atoms. The van der Waals surface area contributed by atoms with Gasteiger partial charge in [0, 0.05) is 37.8 Å². The zero-order chi connectivity index (χ0) is 12.8. The normalized spacial score (nSPS) is 45.8. The van der Waals surface area contributed by atoms with Crippen LogP contribution in [0.15, 0.2) is 0 Å². The fourth-order valence-corrected chi connectivity index (χ4v) is 4.73. The average Bonchev–Trinajstić information content (AvgIpc) is 3.18. The summed E-state index contributed by atoms with van der Waals surface area (Å²) in [5, 5.41) is 0. The number of piperazine rings is 1. The summed E-state index contributed by atoms with van der Waals surface area (Å²) in [7, 11) is 0. The van der Waals surface area contributed by atoms with Gasteiger partial charge in [-0.2, -0.15) is 0 Å². The molecule has 2 aliphatic carbocycles. The summed E-state index contributed by atoms with van der Waals surface area (Å²) in [6.07, 6.45) is 5.68. The van der Waals surface area contributed by atoms with Crippen molar-refractivity contribution >= 4 is 0 Å². The van der Waals surface area contributed by atoms with Crippen molar-refractivity contribution in [2.45, 2.75) is 51.1 Å². The van der Waals surface area contributed by atoms with Crippen molar-refractivity contribution in [3.05, 3.63) is 0 Å². The second kappa shape index (κ2) is 4.77. The van der Waals surface area contributed by atoms with Crippen LogP contribution in [0, 0.1) is 11.8 Å². The lowest BCUT2D eigenvalue weighted by molar-refractivity contribution is -0.0172. The van der Waals surface area contributed by atoms with Gasteiger partial charge in [0.2, 0.25) is 0 Å². The van der Waals surface area contributed by atoms with Crippen LogP contribution in [-0.4, -0.2) is 54.1 Å². The van der Waals surface area contributed by atoms with Gasteiger partial charge in [-0.15, -0.1) is 0 Å². The van der Waals surface area contributed by atoms with Crippen molar-refractivity contribution in [3.8, 4) is 0 Å². The lowest BCUT2D eigenvalue weighted by atomic mass is 9.79. The Hall–Kier alpha value is -0.120. The molecule has 0 amide bonds. The first-order valence-electron chi connectivity index (χ1n) is 7.90. The first-order valence-corrected chi connectivity index (χ1v) is 7.90. The summed E-state index contributed by atoms with van der Waals surface area (Å²) in [5.41, 5.74) is 6.62. The van der Waals surface area contributed by atoms with E-state index in [0.717, 1.165) is 18.4 Å².